The second-order valence-electron chi connectivity index (χ2n) is 7.27. The first-order valence-electron chi connectivity index (χ1n) is 9.75. The van der Waals surface area contributed by atoms with Crippen LogP contribution in [0.2, 0.25) is 0 Å². The van der Waals surface area contributed by atoms with Crippen molar-refractivity contribution in [2.45, 2.75) is 26.7 Å². The molecule has 2 aromatic rings. The molecule has 0 bridgehead atoms. The van der Waals surface area contributed by atoms with Gasteiger partial charge in [0.2, 0.25) is 5.91 Å². The Morgan fingerprint density at radius 1 is 1.11 bits per heavy atom. The molecule has 3 rings (SSSR count). The molecule has 0 radical (unpaired) electrons. The fraction of sp³-hybridized carbons (Fsp3) is 0.455. The van der Waals surface area contributed by atoms with Gasteiger partial charge in [-0.05, 0) is 31.4 Å². The van der Waals surface area contributed by atoms with Crippen LogP contribution in [0.3, 0.4) is 0 Å². The Morgan fingerprint density at radius 3 is 2.44 bits per heavy atom. The molecule has 1 aromatic heterocycles. The smallest absolute Gasteiger partial charge is 0.222 e. The summed E-state index contributed by atoms with van der Waals surface area (Å²) in [7, 11) is 1.96. The lowest BCUT2D eigenvalue weighted by Crippen LogP contribution is -2.48. The SMILES string of the molecule is Cc1nn(C)c(C)c1CCC(=O)N1CCN(C/C=C/c2ccccc2)CC1. The van der Waals surface area contributed by atoms with Crippen LogP contribution in [-0.4, -0.2) is 58.2 Å². The standard InChI is InChI=1S/C22H30N4O/c1-18-21(19(2)24(3)23-18)11-12-22(27)26-16-14-25(15-17-26)13-7-10-20-8-5-4-6-9-20/h4-10H,11-17H2,1-3H3/b10-7+. The van der Waals surface area contributed by atoms with Crippen LogP contribution >= 0.6 is 0 Å². The number of benzene rings is 1. The van der Waals surface area contributed by atoms with Crippen LogP contribution in [-0.2, 0) is 18.3 Å². The van der Waals surface area contributed by atoms with E-state index in [9.17, 15) is 4.79 Å². The topological polar surface area (TPSA) is 41.4 Å². The van der Waals surface area contributed by atoms with E-state index in [1.165, 1.54) is 11.1 Å². The number of carbonyl (C=O) groups excluding carboxylic acids is 1. The molecule has 5 heteroatoms. The zero-order chi connectivity index (χ0) is 19.2. The van der Waals surface area contributed by atoms with E-state index in [1.807, 2.05) is 29.6 Å². The summed E-state index contributed by atoms with van der Waals surface area (Å²) in [6, 6.07) is 10.4. The Labute approximate surface area is 162 Å². The molecule has 1 saturated heterocycles. The molecular weight excluding hydrogens is 336 g/mol. The maximum absolute atomic E-state index is 12.6. The summed E-state index contributed by atoms with van der Waals surface area (Å²) in [6.45, 7) is 8.55. The van der Waals surface area contributed by atoms with Crippen molar-refractivity contribution in [1.29, 1.82) is 0 Å². The van der Waals surface area contributed by atoms with Crippen molar-refractivity contribution in [2.24, 2.45) is 7.05 Å². The molecule has 0 saturated carbocycles. The largest absolute Gasteiger partial charge is 0.340 e. The van der Waals surface area contributed by atoms with Crippen molar-refractivity contribution in [3.05, 3.63) is 58.9 Å². The van der Waals surface area contributed by atoms with Crippen molar-refractivity contribution in [3.63, 3.8) is 0 Å². The van der Waals surface area contributed by atoms with Crippen LogP contribution in [0.15, 0.2) is 36.4 Å². The summed E-state index contributed by atoms with van der Waals surface area (Å²) in [5.41, 5.74) is 4.65. The van der Waals surface area contributed by atoms with E-state index >= 15 is 0 Å². The predicted octanol–water partition coefficient (Wildman–Crippen LogP) is 2.83. The Balaban J connectivity index is 1.42. The van der Waals surface area contributed by atoms with Crippen molar-refractivity contribution in [1.82, 2.24) is 19.6 Å². The maximum atomic E-state index is 12.6. The molecule has 0 N–H and O–H groups in total. The van der Waals surface area contributed by atoms with E-state index in [-0.39, 0.29) is 5.91 Å². The number of piperazine rings is 1. The van der Waals surface area contributed by atoms with Gasteiger partial charge in [0.1, 0.15) is 0 Å². The van der Waals surface area contributed by atoms with Gasteiger partial charge in [-0.1, -0.05) is 42.5 Å². The van der Waals surface area contributed by atoms with Gasteiger partial charge in [-0.3, -0.25) is 14.4 Å². The fourth-order valence-electron chi connectivity index (χ4n) is 3.65. The van der Waals surface area contributed by atoms with Crippen molar-refractivity contribution < 1.29 is 4.79 Å². The first kappa shape index (κ1) is 19.4. The average molecular weight is 367 g/mol. The minimum absolute atomic E-state index is 0.261. The normalized spacial score (nSPS) is 15.6. The van der Waals surface area contributed by atoms with E-state index in [2.05, 4.69) is 53.3 Å². The molecule has 1 aliphatic rings. The first-order chi connectivity index (χ1) is 13.0. The summed E-state index contributed by atoms with van der Waals surface area (Å²) in [5.74, 6) is 0.261. The van der Waals surface area contributed by atoms with Gasteiger partial charge in [-0.15, -0.1) is 0 Å². The molecule has 1 fully saturated rings. The minimum atomic E-state index is 0.261. The van der Waals surface area contributed by atoms with Crippen LogP contribution in [0.25, 0.3) is 6.08 Å². The van der Waals surface area contributed by atoms with Gasteiger partial charge in [0.25, 0.3) is 0 Å². The number of hydrogen-bond acceptors (Lipinski definition) is 3. The predicted molar refractivity (Wildman–Crippen MR) is 109 cm³/mol. The molecular formula is C22H30N4O. The number of amides is 1. The number of aryl methyl sites for hydroxylation is 2. The Bertz CT molecular complexity index is 786. The van der Waals surface area contributed by atoms with E-state index in [0.29, 0.717) is 6.42 Å². The third-order valence-electron chi connectivity index (χ3n) is 5.45. The summed E-state index contributed by atoms with van der Waals surface area (Å²) in [5, 5.41) is 4.44. The molecule has 27 heavy (non-hydrogen) atoms. The summed E-state index contributed by atoms with van der Waals surface area (Å²) in [6.07, 6.45) is 5.72. The van der Waals surface area contributed by atoms with Crippen LogP contribution in [0.1, 0.15) is 28.9 Å². The second-order valence-corrected chi connectivity index (χ2v) is 7.27. The zero-order valence-corrected chi connectivity index (χ0v) is 16.7. The highest BCUT2D eigenvalue weighted by molar-refractivity contribution is 5.76. The summed E-state index contributed by atoms with van der Waals surface area (Å²) < 4.78 is 1.90. The van der Waals surface area contributed by atoms with Gasteiger partial charge < -0.3 is 4.90 Å². The van der Waals surface area contributed by atoms with Crippen LogP contribution in [0.5, 0.6) is 0 Å². The third kappa shape index (κ3) is 5.07. The highest BCUT2D eigenvalue weighted by Crippen LogP contribution is 2.15. The van der Waals surface area contributed by atoms with E-state index in [1.54, 1.807) is 0 Å². The quantitative estimate of drug-likeness (QED) is 0.789. The zero-order valence-electron chi connectivity index (χ0n) is 16.7. The van der Waals surface area contributed by atoms with Gasteiger partial charge >= 0.3 is 0 Å². The van der Waals surface area contributed by atoms with Crippen molar-refractivity contribution in [3.8, 4) is 0 Å². The molecule has 1 aromatic carbocycles. The monoisotopic (exact) mass is 366 g/mol. The maximum Gasteiger partial charge on any atom is 0.222 e. The fourth-order valence-corrected chi connectivity index (χ4v) is 3.65. The lowest BCUT2D eigenvalue weighted by Gasteiger charge is -2.34. The Morgan fingerprint density at radius 2 is 1.81 bits per heavy atom. The van der Waals surface area contributed by atoms with Gasteiger partial charge in [-0.25, -0.2) is 0 Å². The molecule has 0 spiro atoms. The lowest BCUT2D eigenvalue weighted by molar-refractivity contribution is -0.132. The molecule has 0 aliphatic carbocycles. The van der Waals surface area contributed by atoms with Crippen molar-refractivity contribution >= 4 is 12.0 Å². The summed E-state index contributed by atoms with van der Waals surface area (Å²) >= 11 is 0. The van der Waals surface area contributed by atoms with Gasteiger partial charge in [0.05, 0.1) is 5.69 Å². The van der Waals surface area contributed by atoms with Crippen LogP contribution in [0, 0.1) is 13.8 Å². The van der Waals surface area contributed by atoms with Crippen molar-refractivity contribution in [2.75, 3.05) is 32.7 Å². The third-order valence-corrected chi connectivity index (χ3v) is 5.45. The number of nitrogens with zero attached hydrogens (tertiary/aromatic N) is 4. The molecule has 0 unspecified atom stereocenters. The molecule has 0 atom stereocenters. The van der Waals surface area contributed by atoms with Gasteiger partial charge in [0, 0.05) is 51.9 Å². The lowest BCUT2D eigenvalue weighted by atomic mass is 10.1. The van der Waals surface area contributed by atoms with E-state index < -0.39 is 0 Å². The van der Waals surface area contributed by atoms with Gasteiger partial charge in [-0.2, -0.15) is 5.10 Å². The van der Waals surface area contributed by atoms with Crippen LogP contribution in [0.4, 0.5) is 0 Å². The Hall–Kier alpha value is -2.40. The average Bonchev–Trinajstić information content (AvgIpc) is 2.93. The Kier molecular flexibility index (Phi) is 6.45. The molecule has 2 heterocycles. The molecule has 144 valence electrons. The molecule has 5 nitrogen and oxygen atoms in total. The number of rotatable bonds is 6. The summed E-state index contributed by atoms with van der Waals surface area (Å²) in [4.78, 5) is 17.0. The molecule has 1 aliphatic heterocycles. The molecule has 1 amide bonds. The van der Waals surface area contributed by atoms with E-state index in [0.717, 1.165) is 50.5 Å². The first-order valence-corrected chi connectivity index (χ1v) is 9.75. The number of aromatic nitrogens is 2. The van der Waals surface area contributed by atoms with Gasteiger partial charge in [0.15, 0.2) is 0 Å². The number of carbonyl (C=O) groups is 1. The number of hydrogen-bond donors (Lipinski definition) is 0. The highest BCUT2D eigenvalue weighted by atomic mass is 16.2. The highest BCUT2D eigenvalue weighted by Gasteiger charge is 2.21. The minimum Gasteiger partial charge on any atom is -0.340 e. The second kappa shape index (κ2) is 9.00. The van der Waals surface area contributed by atoms with E-state index in [4.69, 9.17) is 0 Å². The van der Waals surface area contributed by atoms with Crippen LogP contribution < -0.4 is 0 Å².